The number of ether oxygens (including phenoxy) is 2. The molecule has 0 saturated carbocycles. The highest BCUT2D eigenvalue weighted by molar-refractivity contribution is 5.38. The predicted octanol–water partition coefficient (Wildman–Crippen LogP) is 0.834. The van der Waals surface area contributed by atoms with E-state index in [4.69, 9.17) is 20.3 Å². The molecule has 0 amide bonds. The maximum atomic E-state index is 8.93. The highest BCUT2D eigenvalue weighted by atomic mass is 16.5. The van der Waals surface area contributed by atoms with Gasteiger partial charge in [0.1, 0.15) is 5.75 Å². The van der Waals surface area contributed by atoms with Gasteiger partial charge in [0.15, 0.2) is 0 Å². The van der Waals surface area contributed by atoms with Gasteiger partial charge in [0.05, 0.1) is 26.4 Å². The summed E-state index contributed by atoms with van der Waals surface area (Å²) in [6, 6.07) is 5.23. The zero-order valence-corrected chi connectivity index (χ0v) is 9.06. The second-order valence-electron chi connectivity index (χ2n) is 3.29. The third kappa shape index (κ3) is 2.92. The molecule has 4 heteroatoms. The van der Waals surface area contributed by atoms with E-state index in [1.807, 2.05) is 18.2 Å². The maximum absolute atomic E-state index is 8.93. The van der Waals surface area contributed by atoms with Crippen LogP contribution in [-0.2, 0) is 11.3 Å². The number of aliphatic hydroxyl groups is 1. The molecule has 0 aromatic heterocycles. The molecule has 1 atom stereocenters. The van der Waals surface area contributed by atoms with Crippen LogP contribution in [0.4, 0.5) is 0 Å². The zero-order valence-electron chi connectivity index (χ0n) is 9.06. The van der Waals surface area contributed by atoms with Crippen molar-refractivity contribution in [1.29, 1.82) is 0 Å². The van der Waals surface area contributed by atoms with Crippen LogP contribution in [0.3, 0.4) is 0 Å². The summed E-state index contributed by atoms with van der Waals surface area (Å²) in [5.74, 6) is 0.734. The lowest BCUT2D eigenvalue weighted by atomic mass is 10.1. The standard InChI is InChI=1S/C11H17NO3/c1-14-7-9-4-3-8(10(12)6-13)5-11(9)15-2/h3-5,10,13H,6-7,12H2,1-2H3. The lowest BCUT2D eigenvalue weighted by Gasteiger charge is -2.13. The lowest BCUT2D eigenvalue weighted by molar-refractivity contribution is 0.181. The molecule has 1 rings (SSSR count). The Kier molecular flexibility index (Phi) is 4.55. The molecule has 1 unspecified atom stereocenters. The summed E-state index contributed by atoms with van der Waals surface area (Å²) >= 11 is 0. The van der Waals surface area contributed by atoms with Gasteiger partial charge in [-0.15, -0.1) is 0 Å². The van der Waals surface area contributed by atoms with E-state index in [1.165, 1.54) is 0 Å². The van der Waals surface area contributed by atoms with Crippen LogP contribution >= 0.6 is 0 Å². The van der Waals surface area contributed by atoms with Crippen LogP contribution < -0.4 is 10.5 Å². The number of methoxy groups -OCH3 is 2. The van der Waals surface area contributed by atoms with Gasteiger partial charge in [-0.05, 0) is 11.6 Å². The minimum Gasteiger partial charge on any atom is -0.496 e. The van der Waals surface area contributed by atoms with Crippen molar-refractivity contribution in [3.8, 4) is 5.75 Å². The van der Waals surface area contributed by atoms with Crippen molar-refractivity contribution < 1.29 is 14.6 Å². The Hall–Kier alpha value is -1.10. The summed E-state index contributed by atoms with van der Waals surface area (Å²) in [6.07, 6.45) is 0. The SMILES string of the molecule is COCc1ccc(C(N)CO)cc1OC. The summed E-state index contributed by atoms with van der Waals surface area (Å²) in [6.45, 7) is 0.421. The molecule has 0 aliphatic carbocycles. The molecule has 1 aromatic carbocycles. The molecule has 0 bridgehead atoms. The molecule has 1 aromatic rings. The molecule has 3 N–H and O–H groups in total. The minimum absolute atomic E-state index is 0.0766. The second kappa shape index (κ2) is 5.70. The van der Waals surface area contributed by atoms with E-state index < -0.39 is 0 Å². The molecule has 4 nitrogen and oxygen atoms in total. The second-order valence-corrected chi connectivity index (χ2v) is 3.29. The Morgan fingerprint density at radius 2 is 2.13 bits per heavy atom. The average molecular weight is 211 g/mol. The first-order valence-electron chi connectivity index (χ1n) is 4.75. The van der Waals surface area contributed by atoms with Crippen LogP contribution in [0.5, 0.6) is 5.75 Å². The molecular formula is C11H17NO3. The minimum atomic E-state index is -0.365. The molecule has 84 valence electrons. The fourth-order valence-electron chi connectivity index (χ4n) is 1.37. The van der Waals surface area contributed by atoms with Crippen LogP contribution in [0, 0.1) is 0 Å². The maximum Gasteiger partial charge on any atom is 0.124 e. The van der Waals surface area contributed by atoms with Gasteiger partial charge >= 0.3 is 0 Å². The van der Waals surface area contributed by atoms with Crippen LogP contribution in [0.15, 0.2) is 18.2 Å². The van der Waals surface area contributed by atoms with E-state index in [1.54, 1.807) is 14.2 Å². The molecule has 0 heterocycles. The third-order valence-electron chi connectivity index (χ3n) is 2.24. The predicted molar refractivity (Wildman–Crippen MR) is 57.7 cm³/mol. The van der Waals surface area contributed by atoms with Gasteiger partial charge in [-0.1, -0.05) is 12.1 Å². The molecule has 0 fully saturated rings. The molecule has 0 aliphatic rings. The first-order valence-corrected chi connectivity index (χ1v) is 4.75. The fraction of sp³-hybridized carbons (Fsp3) is 0.455. The van der Waals surface area contributed by atoms with E-state index in [-0.39, 0.29) is 12.6 Å². The average Bonchev–Trinajstić information content (AvgIpc) is 2.29. The van der Waals surface area contributed by atoms with Gasteiger partial charge in [-0.3, -0.25) is 0 Å². The molecule has 15 heavy (non-hydrogen) atoms. The van der Waals surface area contributed by atoms with Gasteiger partial charge in [-0.25, -0.2) is 0 Å². The van der Waals surface area contributed by atoms with Crippen molar-refractivity contribution in [3.05, 3.63) is 29.3 Å². The van der Waals surface area contributed by atoms with Gasteiger partial charge in [0, 0.05) is 12.7 Å². The van der Waals surface area contributed by atoms with E-state index >= 15 is 0 Å². The van der Waals surface area contributed by atoms with Crippen molar-refractivity contribution in [1.82, 2.24) is 0 Å². The Morgan fingerprint density at radius 3 is 2.67 bits per heavy atom. The molecule has 0 radical (unpaired) electrons. The zero-order chi connectivity index (χ0) is 11.3. The van der Waals surface area contributed by atoms with E-state index in [0.29, 0.717) is 6.61 Å². The largest absolute Gasteiger partial charge is 0.496 e. The van der Waals surface area contributed by atoms with Crippen molar-refractivity contribution in [3.63, 3.8) is 0 Å². The number of aliphatic hydroxyl groups excluding tert-OH is 1. The Bertz CT molecular complexity index is 315. The molecule has 0 saturated heterocycles. The highest BCUT2D eigenvalue weighted by Crippen LogP contribution is 2.23. The first kappa shape index (κ1) is 12.0. The van der Waals surface area contributed by atoms with Crippen molar-refractivity contribution >= 4 is 0 Å². The summed E-state index contributed by atoms with van der Waals surface area (Å²) in [4.78, 5) is 0. The first-order chi connectivity index (χ1) is 7.22. The lowest BCUT2D eigenvalue weighted by Crippen LogP contribution is -2.14. The smallest absolute Gasteiger partial charge is 0.124 e. The summed E-state index contributed by atoms with van der Waals surface area (Å²) in [7, 11) is 3.23. The topological polar surface area (TPSA) is 64.7 Å². The summed E-state index contributed by atoms with van der Waals surface area (Å²) in [5, 5.41) is 8.93. The number of hydrogen-bond acceptors (Lipinski definition) is 4. The highest BCUT2D eigenvalue weighted by Gasteiger charge is 2.08. The number of rotatable bonds is 5. The summed E-state index contributed by atoms with van der Waals surface area (Å²) < 4.78 is 10.3. The van der Waals surface area contributed by atoms with Crippen LogP contribution in [-0.4, -0.2) is 25.9 Å². The van der Waals surface area contributed by atoms with Gasteiger partial charge in [0.2, 0.25) is 0 Å². The van der Waals surface area contributed by atoms with Crippen LogP contribution in [0.25, 0.3) is 0 Å². The Labute approximate surface area is 89.6 Å². The van der Waals surface area contributed by atoms with Gasteiger partial charge < -0.3 is 20.3 Å². The number of benzene rings is 1. The number of hydrogen-bond donors (Lipinski definition) is 2. The van der Waals surface area contributed by atoms with Gasteiger partial charge in [0.25, 0.3) is 0 Å². The van der Waals surface area contributed by atoms with Crippen molar-refractivity contribution in [2.24, 2.45) is 5.73 Å². The monoisotopic (exact) mass is 211 g/mol. The van der Waals surface area contributed by atoms with Gasteiger partial charge in [-0.2, -0.15) is 0 Å². The number of nitrogens with two attached hydrogens (primary N) is 1. The van der Waals surface area contributed by atoms with Crippen molar-refractivity contribution in [2.75, 3.05) is 20.8 Å². The normalized spacial score (nSPS) is 12.5. The third-order valence-corrected chi connectivity index (χ3v) is 2.24. The Balaban J connectivity index is 2.96. The van der Waals surface area contributed by atoms with Crippen LogP contribution in [0.2, 0.25) is 0 Å². The van der Waals surface area contributed by atoms with E-state index in [0.717, 1.165) is 16.9 Å². The molecular weight excluding hydrogens is 194 g/mol. The fourth-order valence-corrected chi connectivity index (χ4v) is 1.37. The van der Waals surface area contributed by atoms with Crippen LogP contribution in [0.1, 0.15) is 17.2 Å². The van der Waals surface area contributed by atoms with E-state index in [9.17, 15) is 0 Å². The van der Waals surface area contributed by atoms with Crippen molar-refractivity contribution in [2.45, 2.75) is 12.6 Å². The Morgan fingerprint density at radius 1 is 1.40 bits per heavy atom. The quantitative estimate of drug-likeness (QED) is 0.757. The summed E-state index contributed by atoms with van der Waals surface area (Å²) in [5.41, 5.74) is 7.53. The molecule has 0 spiro atoms. The van der Waals surface area contributed by atoms with E-state index in [2.05, 4.69) is 0 Å². The molecule has 0 aliphatic heterocycles.